The molecule has 0 atom stereocenters. The quantitative estimate of drug-likeness (QED) is 0.747. The van der Waals surface area contributed by atoms with E-state index in [4.69, 9.17) is 0 Å². The Morgan fingerprint density at radius 1 is 1.29 bits per heavy atom. The Labute approximate surface area is 101 Å². The fourth-order valence-corrected chi connectivity index (χ4v) is 1.85. The number of allylic oxidation sites excluding steroid dienone is 1. The zero-order valence-corrected chi connectivity index (χ0v) is 10.1. The molecule has 0 saturated heterocycles. The highest BCUT2D eigenvalue weighted by atomic mass is 16.1. The maximum absolute atomic E-state index is 11.6. The van der Waals surface area contributed by atoms with Gasteiger partial charge in [-0.3, -0.25) is 9.78 Å². The normalized spacial score (nSPS) is 11.8. The standard InChI is InChI=1S/C15H15NO/c1-3-15(17)11(2)8-13-10-16-9-12-6-4-5-7-14(12)13/h4-10H,3H2,1-2H3. The van der Waals surface area contributed by atoms with Crippen LogP contribution in [0, 0.1) is 0 Å². The summed E-state index contributed by atoms with van der Waals surface area (Å²) in [6.45, 7) is 3.73. The van der Waals surface area contributed by atoms with E-state index in [9.17, 15) is 4.79 Å². The number of nitrogens with zero attached hydrogens (tertiary/aromatic N) is 1. The molecule has 2 nitrogen and oxygen atoms in total. The number of fused-ring (bicyclic) bond motifs is 1. The molecule has 0 amide bonds. The van der Waals surface area contributed by atoms with Gasteiger partial charge in [-0.05, 0) is 24.0 Å². The number of ketones is 1. The Bertz CT molecular complexity index is 579. The Morgan fingerprint density at radius 2 is 2.06 bits per heavy atom. The Kier molecular flexibility index (Phi) is 3.33. The van der Waals surface area contributed by atoms with Gasteiger partial charge in [0.05, 0.1) is 0 Å². The molecule has 1 heterocycles. The van der Waals surface area contributed by atoms with E-state index in [1.165, 1.54) is 0 Å². The Hall–Kier alpha value is -1.96. The summed E-state index contributed by atoms with van der Waals surface area (Å²) in [4.78, 5) is 15.8. The van der Waals surface area contributed by atoms with Crippen molar-refractivity contribution in [2.45, 2.75) is 20.3 Å². The van der Waals surface area contributed by atoms with Gasteiger partial charge < -0.3 is 0 Å². The van der Waals surface area contributed by atoms with Crippen molar-refractivity contribution in [3.63, 3.8) is 0 Å². The Balaban J connectivity index is 2.53. The molecule has 0 bridgehead atoms. The largest absolute Gasteiger partial charge is 0.295 e. The minimum Gasteiger partial charge on any atom is -0.295 e. The zero-order valence-electron chi connectivity index (χ0n) is 10.1. The molecule has 2 heteroatoms. The van der Waals surface area contributed by atoms with Gasteiger partial charge in [-0.1, -0.05) is 31.2 Å². The first-order valence-corrected chi connectivity index (χ1v) is 5.76. The van der Waals surface area contributed by atoms with Gasteiger partial charge in [0.2, 0.25) is 0 Å². The summed E-state index contributed by atoms with van der Waals surface area (Å²) in [5, 5.41) is 2.23. The SMILES string of the molecule is CCC(=O)C(C)=Cc1cncc2ccccc12. The molecule has 17 heavy (non-hydrogen) atoms. The van der Waals surface area contributed by atoms with Gasteiger partial charge in [-0.2, -0.15) is 0 Å². The number of carbonyl (C=O) groups excluding carboxylic acids is 1. The van der Waals surface area contributed by atoms with Crippen LogP contribution in [0.25, 0.3) is 16.8 Å². The second-order valence-electron chi connectivity index (χ2n) is 4.05. The molecular formula is C15H15NO. The maximum atomic E-state index is 11.6. The molecule has 0 fully saturated rings. The first-order chi connectivity index (χ1) is 8.22. The summed E-state index contributed by atoms with van der Waals surface area (Å²) >= 11 is 0. The molecule has 0 spiro atoms. The van der Waals surface area contributed by atoms with E-state index in [-0.39, 0.29) is 5.78 Å². The van der Waals surface area contributed by atoms with Crippen LogP contribution in [0.4, 0.5) is 0 Å². The molecule has 0 radical (unpaired) electrons. The third-order valence-electron chi connectivity index (χ3n) is 2.83. The van der Waals surface area contributed by atoms with E-state index in [1.54, 1.807) is 6.20 Å². The third kappa shape index (κ3) is 2.41. The molecule has 0 saturated carbocycles. The van der Waals surface area contributed by atoms with E-state index < -0.39 is 0 Å². The minimum atomic E-state index is 0.179. The second kappa shape index (κ2) is 4.91. The highest BCUT2D eigenvalue weighted by Gasteiger charge is 2.03. The second-order valence-corrected chi connectivity index (χ2v) is 4.05. The molecular weight excluding hydrogens is 210 g/mol. The fourth-order valence-electron chi connectivity index (χ4n) is 1.85. The lowest BCUT2D eigenvalue weighted by molar-refractivity contribution is -0.115. The number of benzene rings is 1. The van der Waals surface area contributed by atoms with Crippen LogP contribution in [-0.2, 0) is 4.79 Å². The van der Waals surface area contributed by atoms with Crippen LogP contribution in [0.2, 0.25) is 0 Å². The average Bonchev–Trinajstić information content (AvgIpc) is 2.38. The number of Topliss-reactive ketones (excluding diaryl/α,β-unsaturated/α-hetero) is 1. The van der Waals surface area contributed by atoms with Crippen molar-refractivity contribution < 1.29 is 4.79 Å². The van der Waals surface area contributed by atoms with Gasteiger partial charge in [0.25, 0.3) is 0 Å². The summed E-state index contributed by atoms with van der Waals surface area (Å²) in [6.07, 6.45) is 6.10. The molecule has 1 aromatic heterocycles. The molecule has 0 unspecified atom stereocenters. The van der Waals surface area contributed by atoms with Crippen molar-refractivity contribution in [2.24, 2.45) is 0 Å². The van der Waals surface area contributed by atoms with Crippen molar-refractivity contribution in [2.75, 3.05) is 0 Å². The maximum Gasteiger partial charge on any atom is 0.158 e. The highest BCUT2D eigenvalue weighted by molar-refractivity contribution is 6.01. The van der Waals surface area contributed by atoms with Crippen LogP contribution in [0.1, 0.15) is 25.8 Å². The van der Waals surface area contributed by atoms with Gasteiger partial charge in [-0.15, -0.1) is 0 Å². The molecule has 0 aliphatic heterocycles. The summed E-state index contributed by atoms with van der Waals surface area (Å²) in [5.41, 5.74) is 1.79. The molecule has 0 N–H and O–H groups in total. The van der Waals surface area contributed by atoms with Crippen molar-refractivity contribution in [3.8, 4) is 0 Å². The molecule has 2 aromatic rings. The van der Waals surface area contributed by atoms with Gasteiger partial charge in [0, 0.05) is 29.8 Å². The lowest BCUT2D eigenvalue weighted by atomic mass is 10.0. The molecule has 2 rings (SSSR count). The zero-order chi connectivity index (χ0) is 12.3. The molecule has 86 valence electrons. The van der Waals surface area contributed by atoms with E-state index in [2.05, 4.69) is 4.98 Å². The Morgan fingerprint density at radius 3 is 2.82 bits per heavy atom. The molecule has 1 aromatic carbocycles. The van der Waals surface area contributed by atoms with Crippen LogP contribution >= 0.6 is 0 Å². The minimum absolute atomic E-state index is 0.179. The number of carbonyl (C=O) groups is 1. The van der Waals surface area contributed by atoms with Crippen LogP contribution in [0.5, 0.6) is 0 Å². The fraction of sp³-hybridized carbons (Fsp3) is 0.200. The number of rotatable bonds is 3. The van der Waals surface area contributed by atoms with Gasteiger partial charge in [0.15, 0.2) is 5.78 Å². The van der Waals surface area contributed by atoms with Crippen molar-refractivity contribution in [3.05, 3.63) is 47.8 Å². The number of aromatic nitrogens is 1. The van der Waals surface area contributed by atoms with Crippen molar-refractivity contribution in [1.82, 2.24) is 4.98 Å². The van der Waals surface area contributed by atoms with Gasteiger partial charge in [0.1, 0.15) is 0 Å². The highest BCUT2D eigenvalue weighted by Crippen LogP contribution is 2.19. The molecule has 0 aliphatic carbocycles. The summed E-state index contributed by atoms with van der Waals surface area (Å²) in [7, 11) is 0. The first-order valence-electron chi connectivity index (χ1n) is 5.76. The summed E-state index contributed by atoms with van der Waals surface area (Å²) in [5.74, 6) is 0.179. The van der Waals surface area contributed by atoms with Crippen LogP contribution < -0.4 is 0 Å². The molecule has 0 aliphatic rings. The predicted molar refractivity (Wildman–Crippen MR) is 70.7 cm³/mol. The van der Waals surface area contributed by atoms with Crippen LogP contribution in [-0.4, -0.2) is 10.8 Å². The summed E-state index contributed by atoms with van der Waals surface area (Å²) in [6, 6.07) is 8.06. The van der Waals surface area contributed by atoms with E-state index in [1.807, 2.05) is 50.4 Å². The smallest absolute Gasteiger partial charge is 0.158 e. The predicted octanol–water partition coefficient (Wildman–Crippen LogP) is 3.62. The average molecular weight is 225 g/mol. The van der Waals surface area contributed by atoms with Gasteiger partial charge in [-0.25, -0.2) is 0 Å². The number of pyridine rings is 1. The van der Waals surface area contributed by atoms with Crippen LogP contribution in [0.15, 0.2) is 42.2 Å². The van der Waals surface area contributed by atoms with E-state index >= 15 is 0 Å². The van der Waals surface area contributed by atoms with Gasteiger partial charge >= 0.3 is 0 Å². The third-order valence-corrected chi connectivity index (χ3v) is 2.83. The first kappa shape index (κ1) is 11.5. The topological polar surface area (TPSA) is 30.0 Å². The van der Waals surface area contributed by atoms with E-state index in [0.29, 0.717) is 6.42 Å². The summed E-state index contributed by atoms with van der Waals surface area (Å²) < 4.78 is 0. The lowest BCUT2D eigenvalue weighted by Crippen LogP contribution is -1.96. The monoisotopic (exact) mass is 225 g/mol. The van der Waals surface area contributed by atoms with E-state index in [0.717, 1.165) is 21.9 Å². The van der Waals surface area contributed by atoms with Crippen LogP contribution in [0.3, 0.4) is 0 Å². The number of hydrogen-bond donors (Lipinski definition) is 0. The van der Waals surface area contributed by atoms with Crippen molar-refractivity contribution >= 4 is 22.6 Å². The number of hydrogen-bond acceptors (Lipinski definition) is 2. The lowest BCUT2D eigenvalue weighted by Gasteiger charge is -2.03. The van der Waals surface area contributed by atoms with Crippen molar-refractivity contribution in [1.29, 1.82) is 0 Å².